The first-order valence-corrected chi connectivity index (χ1v) is 6.09. The molecule has 1 aromatic heterocycles. The third-order valence-corrected chi connectivity index (χ3v) is 3.01. The normalized spacial score (nSPS) is 11.9. The lowest BCUT2D eigenvalue weighted by Gasteiger charge is -2.13. The molecule has 0 spiro atoms. The number of nitro groups is 1. The van der Waals surface area contributed by atoms with Gasteiger partial charge in [0.05, 0.1) is 16.5 Å². The topological polar surface area (TPSA) is 129 Å². The predicted octanol–water partition coefficient (Wildman–Crippen LogP) is 0.796. The van der Waals surface area contributed by atoms with Crippen molar-refractivity contribution in [2.75, 3.05) is 5.73 Å². The highest BCUT2D eigenvalue weighted by Crippen LogP contribution is 2.25. The van der Waals surface area contributed by atoms with Crippen LogP contribution in [0.25, 0.3) is 0 Å². The molecule has 1 atom stereocenters. The largest absolute Gasteiger partial charge is 0.393 e. The molecule has 0 radical (unpaired) electrons. The van der Waals surface area contributed by atoms with Crippen LogP contribution in [0.4, 0.5) is 11.4 Å². The molecule has 9 heteroatoms. The maximum Gasteiger partial charge on any atom is 0.292 e. The number of nitrogens with one attached hydrogen (secondary N) is 1. The highest BCUT2D eigenvalue weighted by Gasteiger charge is 2.21. The molecule has 9 nitrogen and oxygen atoms in total. The van der Waals surface area contributed by atoms with E-state index in [0.29, 0.717) is 5.82 Å². The first-order chi connectivity index (χ1) is 9.91. The smallest absolute Gasteiger partial charge is 0.292 e. The van der Waals surface area contributed by atoms with Crippen molar-refractivity contribution in [2.45, 2.75) is 13.0 Å². The first kappa shape index (κ1) is 14.4. The van der Waals surface area contributed by atoms with Gasteiger partial charge in [-0.2, -0.15) is 0 Å². The third-order valence-electron chi connectivity index (χ3n) is 3.01. The van der Waals surface area contributed by atoms with E-state index in [4.69, 9.17) is 5.73 Å². The summed E-state index contributed by atoms with van der Waals surface area (Å²) < 4.78 is 1.67. The van der Waals surface area contributed by atoms with Crippen molar-refractivity contribution >= 4 is 17.3 Å². The Balaban J connectivity index is 2.23. The number of rotatable bonds is 4. The second-order valence-electron chi connectivity index (χ2n) is 4.49. The Morgan fingerprint density at radius 1 is 1.52 bits per heavy atom. The molecule has 1 unspecified atom stereocenters. The number of hydrogen-bond donors (Lipinski definition) is 2. The minimum atomic E-state index is -0.627. The summed E-state index contributed by atoms with van der Waals surface area (Å²) in [5.74, 6) is 0.0547. The molecule has 0 saturated carbocycles. The molecule has 0 aliphatic carbocycles. The van der Waals surface area contributed by atoms with Crippen LogP contribution >= 0.6 is 0 Å². The number of carbonyl (C=O) groups excluding carboxylic acids is 1. The van der Waals surface area contributed by atoms with Gasteiger partial charge in [0, 0.05) is 13.1 Å². The molecule has 0 aliphatic rings. The molecule has 1 aromatic carbocycles. The summed E-state index contributed by atoms with van der Waals surface area (Å²) in [5.41, 5.74) is 5.27. The summed E-state index contributed by atoms with van der Waals surface area (Å²) in [7, 11) is 1.75. The highest BCUT2D eigenvalue weighted by atomic mass is 16.6. The minimum Gasteiger partial charge on any atom is -0.393 e. The number of anilines is 1. The van der Waals surface area contributed by atoms with Crippen LogP contribution in [0.5, 0.6) is 0 Å². The number of carbonyl (C=O) groups is 1. The fraction of sp³-hybridized carbons (Fsp3) is 0.250. The van der Waals surface area contributed by atoms with Crippen molar-refractivity contribution in [3.05, 3.63) is 46.0 Å². The maximum absolute atomic E-state index is 12.2. The number of aromatic nitrogens is 3. The average Bonchev–Trinajstić information content (AvgIpc) is 2.84. The zero-order valence-electron chi connectivity index (χ0n) is 11.5. The number of nitrogens with zero attached hydrogens (tertiary/aromatic N) is 4. The number of amides is 1. The highest BCUT2D eigenvalue weighted by molar-refractivity contribution is 6.01. The van der Waals surface area contributed by atoms with E-state index in [-0.39, 0.29) is 16.9 Å². The maximum atomic E-state index is 12.2. The van der Waals surface area contributed by atoms with E-state index in [2.05, 4.69) is 15.5 Å². The molecule has 2 aromatic rings. The van der Waals surface area contributed by atoms with Crippen molar-refractivity contribution in [1.82, 2.24) is 20.1 Å². The van der Waals surface area contributed by atoms with Gasteiger partial charge in [-0.1, -0.05) is 6.07 Å². The van der Waals surface area contributed by atoms with Gasteiger partial charge in [0.25, 0.3) is 11.6 Å². The van der Waals surface area contributed by atoms with Crippen molar-refractivity contribution in [3.8, 4) is 0 Å². The molecule has 110 valence electrons. The Bertz CT molecular complexity index is 696. The van der Waals surface area contributed by atoms with Gasteiger partial charge in [-0.3, -0.25) is 14.9 Å². The quantitative estimate of drug-likeness (QED) is 0.486. The lowest BCUT2D eigenvalue weighted by Crippen LogP contribution is -2.29. The van der Waals surface area contributed by atoms with Crippen molar-refractivity contribution in [1.29, 1.82) is 0 Å². The summed E-state index contributed by atoms with van der Waals surface area (Å²) >= 11 is 0. The van der Waals surface area contributed by atoms with Crippen LogP contribution in [0.15, 0.2) is 24.5 Å². The summed E-state index contributed by atoms with van der Waals surface area (Å²) in [6.07, 6.45) is 1.51. The molecule has 2 rings (SSSR count). The number of hydrogen-bond acceptors (Lipinski definition) is 6. The monoisotopic (exact) mass is 290 g/mol. The first-order valence-electron chi connectivity index (χ1n) is 6.09. The minimum absolute atomic E-state index is 0.0539. The van der Waals surface area contributed by atoms with Crippen LogP contribution < -0.4 is 11.1 Å². The van der Waals surface area contributed by atoms with Crippen LogP contribution in [0.2, 0.25) is 0 Å². The molecule has 21 heavy (non-hydrogen) atoms. The van der Waals surface area contributed by atoms with Gasteiger partial charge in [0.15, 0.2) is 5.82 Å². The predicted molar refractivity (Wildman–Crippen MR) is 74.4 cm³/mol. The number of aryl methyl sites for hydroxylation is 1. The van der Waals surface area contributed by atoms with Crippen LogP contribution in [-0.4, -0.2) is 25.6 Å². The molecule has 0 bridgehead atoms. The van der Waals surface area contributed by atoms with Crippen LogP contribution in [0.3, 0.4) is 0 Å². The van der Waals surface area contributed by atoms with Crippen LogP contribution in [-0.2, 0) is 7.05 Å². The van der Waals surface area contributed by atoms with Crippen molar-refractivity contribution in [2.24, 2.45) is 7.05 Å². The van der Waals surface area contributed by atoms with E-state index in [1.807, 2.05) is 0 Å². The van der Waals surface area contributed by atoms with Crippen molar-refractivity contribution in [3.63, 3.8) is 0 Å². The van der Waals surface area contributed by atoms with Crippen LogP contribution in [0, 0.1) is 10.1 Å². The summed E-state index contributed by atoms with van der Waals surface area (Å²) in [6, 6.07) is 3.68. The zero-order chi connectivity index (χ0) is 15.6. The summed E-state index contributed by atoms with van der Waals surface area (Å²) in [4.78, 5) is 22.4. The Morgan fingerprint density at radius 2 is 2.24 bits per heavy atom. The lowest BCUT2D eigenvalue weighted by atomic mass is 10.1. The second kappa shape index (κ2) is 5.57. The number of nitrogen functional groups attached to an aromatic ring is 1. The Hall–Kier alpha value is -2.97. The molecule has 1 amide bonds. The van der Waals surface area contributed by atoms with E-state index >= 15 is 0 Å². The average molecular weight is 290 g/mol. The van der Waals surface area contributed by atoms with Gasteiger partial charge in [-0.15, -0.1) is 10.2 Å². The summed E-state index contributed by atoms with van der Waals surface area (Å²) in [5, 5.41) is 21.1. The number of benzene rings is 1. The third kappa shape index (κ3) is 2.81. The van der Waals surface area contributed by atoms with Gasteiger partial charge >= 0.3 is 0 Å². The van der Waals surface area contributed by atoms with Gasteiger partial charge in [-0.25, -0.2) is 0 Å². The molecule has 0 saturated heterocycles. The summed E-state index contributed by atoms with van der Waals surface area (Å²) in [6.45, 7) is 1.73. The van der Waals surface area contributed by atoms with E-state index in [1.54, 1.807) is 18.5 Å². The second-order valence-corrected chi connectivity index (χ2v) is 4.49. The lowest BCUT2D eigenvalue weighted by molar-refractivity contribution is -0.383. The van der Waals surface area contributed by atoms with Gasteiger partial charge in [-0.05, 0) is 13.0 Å². The van der Waals surface area contributed by atoms with Gasteiger partial charge < -0.3 is 15.6 Å². The fourth-order valence-corrected chi connectivity index (χ4v) is 1.93. The Labute approximate surface area is 119 Å². The number of nitrogens with two attached hydrogens (primary N) is 1. The van der Waals surface area contributed by atoms with Gasteiger partial charge in [0.1, 0.15) is 12.0 Å². The fourth-order valence-electron chi connectivity index (χ4n) is 1.93. The van der Waals surface area contributed by atoms with Crippen LogP contribution in [0.1, 0.15) is 29.1 Å². The molecule has 3 N–H and O–H groups in total. The Kier molecular flexibility index (Phi) is 3.83. The SMILES string of the molecule is CC(NC(=O)c1cccc([N+](=O)[O-])c1N)c1nncn1C. The molecule has 0 aliphatic heterocycles. The van der Waals surface area contributed by atoms with Crippen molar-refractivity contribution < 1.29 is 9.72 Å². The molecule has 0 fully saturated rings. The number of nitro benzene ring substituents is 1. The van der Waals surface area contributed by atoms with Gasteiger partial charge in [0.2, 0.25) is 0 Å². The number of para-hydroxylation sites is 1. The van der Waals surface area contributed by atoms with E-state index < -0.39 is 16.9 Å². The van der Waals surface area contributed by atoms with E-state index in [0.717, 1.165) is 0 Å². The van der Waals surface area contributed by atoms with E-state index in [9.17, 15) is 14.9 Å². The molecular weight excluding hydrogens is 276 g/mol. The molecule has 1 heterocycles. The zero-order valence-corrected chi connectivity index (χ0v) is 11.5. The molecular formula is C12H14N6O3. The standard InChI is InChI=1S/C12H14N6O3/c1-7(11-16-14-6-17(11)2)15-12(19)8-4-3-5-9(10(8)13)18(20)21/h3-7H,13H2,1-2H3,(H,15,19). The Morgan fingerprint density at radius 3 is 2.81 bits per heavy atom. The van der Waals surface area contributed by atoms with E-state index in [1.165, 1.54) is 24.5 Å².